The lowest BCUT2D eigenvalue weighted by Crippen LogP contribution is -2.17. The van der Waals surface area contributed by atoms with Crippen LogP contribution in [0.5, 0.6) is 0 Å². The fourth-order valence-electron chi connectivity index (χ4n) is 17.7. The molecule has 0 amide bonds. The Hall–Kier alpha value is -10.7. The van der Waals surface area contributed by atoms with E-state index in [-0.39, 0.29) is 37.9 Å². The van der Waals surface area contributed by atoms with Gasteiger partial charge in [0.25, 0.3) is 0 Å². The molecule has 0 aliphatic carbocycles. The van der Waals surface area contributed by atoms with Gasteiger partial charge in [-0.25, -0.2) is 0 Å². The standard InChI is InChI=1S/C34H28N2.C22H21N.2C12H18.3C11H16/c1-34(2,3)32-31(36-29-19-11-7-15-24(29)25-16-8-12-20-30(25)36)22-21-27-26-17-9-10-18-28(26)35(33(27)32)23-13-5-4-6-14-23;1-22(2,3)19-14-9-13-18-17-12-7-8-15-20(17)23(21(18)19)16-10-5-4-6-11-16;2*1-9-7-6-8-10(2)11(9)12(3,4)5;3*1-9-7-5-6-8-10(9)11(2,3)4/h4-22H,1-3H3;4-15H,1-3H3;2*6-8H,1-5H3;3*5-8H,1-4H3. The van der Waals surface area contributed by atoms with Gasteiger partial charge in [-0.3, -0.25) is 0 Å². The molecular weight excluding hydrogens is 1400 g/mol. The minimum atomic E-state index is -0.0950. The highest BCUT2D eigenvalue weighted by atomic mass is 15.0. The lowest BCUT2D eigenvalue weighted by molar-refractivity contribution is 0.581. The Morgan fingerprint density at radius 3 is 0.690 bits per heavy atom. The average Bonchev–Trinajstić information content (AvgIpc) is 1.57. The number of hydrogen-bond donors (Lipinski definition) is 0. The van der Waals surface area contributed by atoms with Crippen LogP contribution in [0, 0.1) is 48.5 Å². The van der Waals surface area contributed by atoms with E-state index >= 15 is 0 Å². The van der Waals surface area contributed by atoms with Gasteiger partial charge in [0.2, 0.25) is 0 Å². The molecular formula is C113H133N3. The number of aryl methyl sites for hydroxylation is 7. The molecule has 0 fully saturated rings. The molecule has 0 aliphatic heterocycles. The van der Waals surface area contributed by atoms with Gasteiger partial charge < -0.3 is 13.7 Å². The zero-order chi connectivity index (χ0) is 84.6. The summed E-state index contributed by atoms with van der Waals surface area (Å²) in [7, 11) is 0. The Morgan fingerprint density at radius 1 is 0.164 bits per heavy atom. The zero-order valence-corrected chi connectivity index (χ0v) is 75.6. The molecule has 16 aromatic rings. The molecule has 0 spiro atoms. The third-order valence-electron chi connectivity index (χ3n) is 22.2. The molecule has 0 atom stereocenters. The smallest absolute Gasteiger partial charge is 0.0599 e. The van der Waals surface area contributed by atoms with Crippen LogP contribution < -0.4 is 0 Å². The van der Waals surface area contributed by atoms with Crippen LogP contribution in [0.15, 0.2) is 297 Å². The molecule has 0 radical (unpaired) electrons. The van der Waals surface area contributed by atoms with Crippen molar-refractivity contribution in [2.24, 2.45) is 0 Å². The monoisotopic (exact) mass is 1530 g/mol. The number of para-hydroxylation sites is 7. The molecule has 0 unspecified atom stereocenters. The number of nitrogens with zero attached hydrogens (tertiary/aromatic N) is 3. The summed E-state index contributed by atoms with van der Waals surface area (Å²) in [5.41, 5.74) is 32.5. The Morgan fingerprint density at radius 2 is 0.397 bits per heavy atom. The number of rotatable bonds is 3. The van der Waals surface area contributed by atoms with Gasteiger partial charge in [0.1, 0.15) is 0 Å². The number of aromatic nitrogens is 3. The predicted octanol–water partition coefficient (Wildman–Crippen LogP) is 32.3. The van der Waals surface area contributed by atoms with E-state index in [1.807, 2.05) is 0 Å². The summed E-state index contributed by atoms with van der Waals surface area (Å²) in [6.45, 7) is 62.9. The molecule has 0 N–H and O–H groups in total. The van der Waals surface area contributed by atoms with Crippen LogP contribution in [0.4, 0.5) is 0 Å². The van der Waals surface area contributed by atoms with E-state index in [2.05, 4.69) is 505 Å². The van der Waals surface area contributed by atoms with Crippen LogP contribution in [-0.4, -0.2) is 13.7 Å². The highest BCUT2D eigenvalue weighted by molar-refractivity contribution is 6.14. The number of fused-ring (bicyclic) bond motifs is 9. The summed E-state index contributed by atoms with van der Waals surface area (Å²) < 4.78 is 7.34. The van der Waals surface area contributed by atoms with E-state index in [9.17, 15) is 0 Å². The van der Waals surface area contributed by atoms with Crippen molar-refractivity contribution in [3.8, 4) is 17.1 Å². The van der Waals surface area contributed by atoms with Crippen molar-refractivity contribution in [3.63, 3.8) is 0 Å². The Bertz CT molecular complexity index is 5700. The highest BCUT2D eigenvalue weighted by Gasteiger charge is 2.30. The molecule has 116 heavy (non-hydrogen) atoms. The second-order valence-corrected chi connectivity index (χ2v) is 39.0. The fraction of sp³-hybridized carbons (Fsp3) is 0.310. The zero-order valence-electron chi connectivity index (χ0n) is 75.6. The third-order valence-corrected chi connectivity index (χ3v) is 22.2. The van der Waals surface area contributed by atoms with Gasteiger partial charge in [0.15, 0.2) is 0 Å². The van der Waals surface area contributed by atoms with Gasteiger partial charge in [-0.2, -0.15) is 0 Å². The second kappa shape index (κ2) is 35.8. The molecule has 3 aromatic heterocycles. The van der Waals surface area contributed by atoms with Crippen molar-refractivity contribution in [3.05, 3.63) is 375 Å². The molecule has 3 heteroatoms. The first-order valence-electron chi connectivity index (χ1n) is 42.0. The average molecular weight is 1530 g/mol. The second-order valence-electron chi connectivity index (χ2n) is 39.0. The molecule has 0 saturated carbocycles. The van der Waals surface area contributed by atoms with Gasteiger partial charge >= 0.3 is 0 Å². The highest BCUT2D eigenvalue weighted by Crippen LogP contribution is 2.45. The minimum Gasteiger partial charge on any atom is -0.309 e. The van der Waals surface area contributed by atoms with Crippen LogP contribution in [-0.2, 0) is 37.9 Å². The summed E-state index contributed by atoms with van der Waals surface area (Å²) >= 11 is 0. The Balaban J connectivity index is 0.000000153. The Kier molecular flexibility index (Phi) is 27.0. The molecule has 0 aliphatic rings. The fourth-order valence-corrected chi connectivity index (χ4v) is 17.7. The largest absolute Gasteiger partial charge is 0.309 e. The van der Waals surface area contributed by atoms with Crippen LogP contribution in [0.3, 0.4) is 0 Å². The summed E-state index contributed by atoms with van der Waals surface area (Å²) in [6.07, 6.45) is 0. The van der Waals surface area contributed by atoms with E-state index in [0.717, 1.165) is 0 Å². The lowest BCUT2D eigenvalue weighted by Gasteiger charge is -2.27. The quantitative estimate of drug-likeness (QED) is 0.167. The molecule has 3 heterocycles. The van der Waals surface area contributed by atoms with E-state index in [1.165, 1.54) is 160 Å². The van der Waals surface area contributed by atoms with Gasteiger partial charge in [-0.15, -0.1) is 0 Å². The van der Waals surface area contributed by atoms with Crippen molar-refractivity contribution in [2.75, 3.05) is 0 Å². The first-order valence-corrected chi connectivity index (χ1v) is 42.0. The maximum absolute atomic E-state index is 2.47. The molecule has 16 rings (SSSR count). The van der Waals surface area contributed by atoms with Crippen molar-refractivity contribution in [1.29, 1.82) is 0 Å². The molecule has 600 valence electrons. The van der Waals surface area contributed by atoms with E-state index in [1.54, 1.807) is 0 Å². The van der Waals surface area contributed by atoms with Gasteiger partial charge in [0.05, 0.1) is 38.8 Å². The van der Waals surface area contributed by atoms with Crippen molar-refractivity contribution in [2.45, 2.75) is 232 Å². The van der Waals surface area contributed by atoms with Gasteiger partial charge in [0, 0.05) is 49.3 Å². The topological polar surface area (TPSA) is 14.8 Å². The predicted molar refractivity (Wildman–Crippen MR) is 512 cm³/mol. The Labute approximate surface area is 698 Å². The minimum absolute atomic E-state index is 0.0950. The van der Waals surface area contributed by atoms with Crippen LogP contribution in [0.25, 0.3) is 82.5 Å². The SMILES string of the molecule is CC(C)(C)c1c(-n2c3ccccc3c3ccccc32)ccc2c3ccccc3n(-c3ccccc3)c12.CC(C)(C)c1cccc2c3ccccc3n(-c3ccccc3)c12.Cc1cccc(C)c1C(C)(C)C.Cc1cccc(C)c1C(C)(C)C.Cc1ccccc1C(C)(C)C.Cc1ccccc1C(C)(C)C.Cc1ccccc1C(C)(C)C. The van der Waals surface area contributed by atoms with E-state index in [4.69, 9.17) is 0 Å². The maximum Gasteiger partial charge on any atom is 0.0599 e. The third kappa shape index (κ3) is 20.2. The first kappa shape index (κ1) is 87.6. The van der Waals surface area contributed by atoms with E-state index < -0.39 is 0 Å². The molecule has 0 saturated heterocycles. The van der Waals surface area contributed by atoms with Crippen molar-refractivity contribution >= 4 is 65.4 Å². The number of hydrogen-bond acceptors (Lipinski definition) is 0. The van der Waals surface area contributed by atoms with Crippen LogP contribution >= 0.6 is 0 Å². The summed E-state index contributed by atoms with van der Waals surface area (Å²) in [5, 5.41) is 7.81. The maximum atomic E-state index is 2.47. The lowest BCUT2D eigenvalue weighted by atomic mass is 9.81. The van der Waals surface area contributed by atoms with E-state index in [0.29, 0.717) is 0 Å². The molecule has 13 aromatic carbocycles. The molecule has 0 bridgehead atoms. The normalized spacial score (nSPS) is 12.0. The number of benzene rings is 13. The van der Waals surface area contributed by atoms with Crippen LogP contribution in [0.1, 0.15) is 223 Å². The summed E-state index contributed by atoms with van der Waals surface area (Å²) in [6, 6.07) is 107. The van der Waals surface area contributed by atoms with Crippen molar-refractivity contribution in [1.82, 2.24) is 13.7 Å². The summed E-state index contributed by atoms with van der Waals surface area (Å²) in [5.74, 6) is 0. The summed E-state index contributed by atoms with van der Waals surface area (Å²) in [4.78, 5) is 0. The first-order chi connectivity index (χ1) is 54.5. The molecule has 3 nitrogen and oxygen atoms in total. The van der Waals surface area contributed by atoms with Crippen LogP contribution in [0.2, 0.25) is 0 Å². The van der Waals surface area contributed by atoms with Crippen molar-refractivity contribution < 1.29 is 0 Å². The van der Waals surface area contributed by atoms with Gasteiger partial charge in [-0.1, -0.05) is 388 Å². The van der Waals surface area contributed by atoms with Gasteiger partial charge in [-0.05, 0) is 213 Å².